The van der Waals surface area contributed by atoms with E-state index in [2.05, 4.69) is 21.2 Å². The number of nitrogens with one attached hydrogen (secondary N) is 1. The van der Waals surface area contributed by atoms with Crippen molar-refractivity contribution in [3.63, 3.8) is 0 Å². The van der Waals surface area contributed by atoms with Gasteiger partial charge >= 0.3 is 0 Å². The molecule has 0 amide bonds. The Morgan fingerprint density at radius 3 is 2.60 bits per heavy atom. The van der Waals surface area contributed by atoms with E-state index in [0.717, 1.165) is 27.2 Å². The molecule has 0 saturated carbocycles. The molecule has 106 valence electrons. The second-order valence-electron chi connectivity index (χ2n) is 4.13. The van der Waals surface area contributed by atoms with Gasteiger partial charge in [0.15, 0.2) is 5.75 Å². The first-order valence-corrected chi connectivity index (χ1v) is 7.21. The minimum absolute atomic E-state index is 0.618. The normalized spacial score (nSPS) is 10.2. The highest BCUT2D eigenvalue weighted by molar-refractivity contribution is 9.10. The van der Waals surface area contributed by atoms with Crippen LogP contribution in [0.5, 0.6) is 11.5 Å². The van der Waals surface area contributed by atoms with Gasteiger partial charge in [0.05, 0.1) is 24.4 Å². The van der Waals surface area contributed by atoms with Gasteiger partial charge in [-0.3, -0.25) is 0 Å². The molecule has 2 rings (SSSR count). The number of hydrogen-bond acceptors (Lipinski definition) is 3. The first kappa shape index (κ1) is 15.0. The Hall–Kier alpha value is -1.39. The molecule has 0 heterocycles. The molecular formula is C15H15BrClNO2. The van der Waals surface area contributed by atoms with E-state index in [-0.39, 0.29) is 0 Å². The molecule has 0 bridgehead atoms. The molecule has 0 saturated heterocycles. The van der Waals surface area contributed by atoms with Crippen molar-refractivity contribution in [2.45, 2.75) is 6.54 Å². The summed E-state index contributed by atoms with van der Waals surface area (Å²) in [5.41, 5.74) is 1.89. The van der Waals surface area contributed by atoms with E-state index in [1.54, 1.807) is 20.3 Å². The second-order valence-corrected chi connectivity index (χ2v) is 5.42. The number of benzene rings is 2. The fourth-order valence-electron chi connectivity index (χ4n) is 1.94. The van der Waals surface area contributed by atoms with Crippen molar-refractivity contribution in [3.8, 4) is 11.5 Å². The van der Waals surface area contributed by atoms with Crippen molar-refractivity contribution in [1.29, 1.82) is 0 Å². The molecule has 0 unspecified atom stereocenters. The van der Waals surface area contributed by atoms with Gasteiger partial charge in [-0.05, 0) is 34.1 Å². The Balaban J connectivity index is 2.22. The zero-order valence-electron chi connectivity index (χ0n) is 11.2. The van der Waals surface area contributed by atoms with Crippen LogP contribution in [0.3, 0.4) is 0 Å². The molecular weight excluding hydrogens is 342 g/mol. The monoisotopic (exact) mass is 355 g/mol. The van der Waals surface area contributed by atoms with Crippen molar-refractivity contribution in [2.75, 3.05) is 19.5 Å². The summed E-state index contributed by atoms with van der Waals surface area (Å²) in [5, 5.41) is 3.96. The van der Waals surface area contributed by atoms with Crippen LogP contribution in [0.15, 0.2) is 40.9 Å². The summed E-state index contributed by atoms with van der Waals surface area (Å²) in [4.78, 5) is 0. The third-order valence-corrected chi connectivity index (χ3v) is 3.68. The third-order valence-electron chi connectivity index (χ3n) is 2.87. The van der Waals surface area contributed by atoms with Crippen LogP contribution in [0.4, 0.5) is 5.69 Å². The van der Waals surface area contributed by atoms with Crippen molar-refractivity contribution in [2.24, 2.45) is 0 Å². The molecule has 20 heavy (non-hydrogen) atoms. The Kier molecular flexibility index (Phi) is 5.15. The van der Waals surface area contributed by atoms with Crippen LogP contribution in [0.1, 0.15) is 5.56 Å². The van der Waals surface area contributed by atoms with E-state index >= 15 is 0 Å². The Bertz CT molecular complexity index is 604. The maximum Gasteiger partial charge on any atom is 0.156 e. The molecule has 0 aliphatic heterocycles. The van der Waals surface area contributed by atoms with E-state index in [4.69, 9.17) is 21.1 Å². The topological polar surface area (TPSA) is 30.5 Å². The zero-order valence-corrected chi connectivity index (χ0v) is 13.6. The van der Waals surface area contributed by atoms with E-state index in [1.807, 2.05) is 30.3 Å². The predicted octanol–water partition coefficient (Wildman–Crippen LogP) is 4.73. The van der Waals surface area contributed by atoms with E-state index < -0.39 is 0 Å². The lowest BCUT2D eigenvalue weighted by atomic mass is 10.2. The summed E-state index contributed by atoms with van der Waals surface area (Å²) in [7, 11) is 3.29. The minimum atomic E-state index is 0.618. The van der Waals surface area contributed by atoms with Gasteiger partial charge in [-0.2, -0.15) is 0 Å². The molecule has 0 spiro atoms. The van der Waals surface area contributed by atoms with Gasteiger partial charge in [0.2, 0.25) is 0 Å². The smallest absolute Gasteiger partial charge is 0.156 e. The quantitative estimate of drug-likeness (QED) is 0.840. The third kappa shape index (κ3) is 3.38. The summed E-state index contributed by atoms with van der Waals surface area (Å²) in [5.74, 6) is 1.57. The highest BCUT2D eigenvalue weighted by atomic mass is 79.9. The number of rotatable bonds is 5. The lowest BCUT2D eigenvalue weighted by molar-refractivity contribution is 0.409. The lowest BCUT2D eigenvalue weighted by Gasteiger charge is -2.14. The fraction of sp³-hybridized carbons (Fsp3) is 0.200. The molecule has 1 N–H and O–H groups in total. The molecule has 5 heteroatoms. The molecule has 0 radical (unpaired) electrons. The van der Waals surface area contributed by atoms with Crippen LogP contribution in [0.2, 0.25) is 5.02 Å². The number of ether oxygens (including phenoxy) is 2. The number of methoxy groups -OCH3 is 2. The molecule has 2 aromatic carbocycles. The largest absolute Gasteiger partial charge is 0.496 e. The summed E-state index contributed by atoms with van der Waals surface area (Å²) in [6, 6.07) is 11.5. The van der Waals surface area contributed by atoms with Gasteiger partial charge in [-0.25, -0.2) is 0 Å². The van der Waals surface area contributed by atoms with E-state index in [9.17, 15) is 0 Å². The van der Waals surface area contributed by atoms with E-state index in [1.165, 1.54) is 0 Å². The van der Waals surface area contributed by atoms with Gasteiger partial charge in [-0.15, -0.1) is 0 Å². The van der Waals surface area contributed by atoms with Crippen LogP contribution in [0, 0.1) is 0 Å². The van der Waals surface area contributed by atoms with Gasteiger partial charge in [0.1, 0.15) is 5.75 Å². The summed E-state index contributed by atoms with van der Waals surface area (Å²) < 4.78 is 11.5. The number of hydrogen-bond donors (Lipinski definition) is 1. The maximum atomic E-state index is 6.07. The highest BCUT2D eigenvalue weighted by Crippen LogP contribution is 2.36. The number of para-hydroxylation sites is 1. The van der Waals surface area contributed by atoms with Crippen molar-refractivity contribution in [3.05, 3.63) is 51.5 Å². The van der Waals surface area contributed by atoms with Crippen LogP contribution in [-0.2, 0) is 6.54 Å². The fourth-order valence-corrected chi connectivity index (χ4v) is 2.91. The van der Waals surface area contributed by atoms with Crippen LogP contribution >= 0.6 is 27.5 Å². The van der Waals surface area contributed by atoms with Gasteiger partial charge < -0.3 is 14.8 Å². The Labute approximate surface area is 132 Å². The highest BCUT2D eigenvalue weighted by Gasteiger charge is 2.10. The summed E-state index contributed by atoms with van der Waals surface area (Å²) in [6.45, 7) is 0.618. The zero-order chi connectivity index (χ0) is 14.5. The first-order chi connectivity index (χ1) is 9.65. The van der Waals surface area contributed by atoms with Gasteiger partial charge in [0, 0.05) is 17.1 Å². The van der Waals surface area contributed by atoms with Crippen molar-refractivity contribution >= 4 is 33.2 Å². The predicted molar refractivity (Wildman–Crippen MR) is 86.0 cm³/mol. The lowest BCUT2D eigenvalue weighted by Crippen LogP contribution is -2.03. The molecule has 0 atom stereocenters. The number of anilines is 1. The van der Waals surface area contributed by atoms with Crippen LogP contribution in [0.25, 0.3) is 0 Å². The molecule has 2 aromatic rings. The SMILES string of the molecule is COc1ccccc1CNc1cc(Cl)cc(Br)c1OC. The van der Waals surface area contributed by atoms with Gasteiger partial charge in [0.25, 0.3) is 0 Å². The maximum absolute atomic E-state index is 6.07. The molecule has 0 fully saturated rings. The molecule has 0 aliphatic carbocycles. The van der Waals surface area contributed by atoms with E-state index in [0.29, 0.717) is 11.6 Å². The average molecular weight is 357 g/mol. The van der Waals surface area contributed by atoms with Crippen molar-refractivity contribution < 1.29 is 9.47 Å². The van der Waals surface area contributed by atoms with Crippen LogP contribution in [-0.4, -0.2) is 14.2 Å². The molecule has 0 aromatic heterocycles. The van der Waals surface area contributed by atoms with Crippen LogP contribution < -0.4 is 14.8 Å². The Morgan fingerprint density at radius 1 is 1.15 bits per heavy atom. The Morgan fingerprint density at radius 2 is 1.90 bits per heavy atom. The summed E-state index contributed by atoms with van der Waals surface area (Å²) >= 11 is 9.51. The standard InChI is InChI=1S/C15H15BrClNO2/c1-19-14-6-4-3-5-10(14)9-18-13-8-11(17)7-12(16)15(13)20-2/h3-8,18H,9H2,1-2H3. The summed E-state index contributed by atoms with van der Waals surface area (Å²) in [6.07, 6.45) is 0. The van der Waals surface area contributed by atoms with Crippen molar-refractivity contribution in [1.82, 2.24) is 0 Å². The minimum Gasteiger partial charge on any atom is -0.496 e. The van der Waals surface area contributed by atoms with Gasteiger partial charge in [-0.1, -0.05) is 29.8 Å². The molecule has 3 nitrogen and oxygen atoms in total. The molecule has 0 aliphatic rings. The number of halogens is 2. The first-order valence-electron chi connectivity index (χ1n) is 6.04. The average Bonchev–Trinajstić information content (AvgIpc) is 2.45. The second kappa shape index (κ2) is 6.86.